The third-order valence-corrected chi connectivity index (χ3v) is 7.70. The lowest BCUT2D eigenvalue weighted by Gasteiger charge is -2.05. The van der Waals surface area contributed by atoms with E-state index < -0.39 is 0 Å². The van der Waals surface area contributed by atoms with Gasteiger partial charge >= 0.3 is 35.0 Å². The number of rotatable bonds is 30. The van der Waals surface area contributed by atoms with E-state index in [2.05, 4.69) is 13.8 Å². The van der Waals surface area contributed by atoms with Gasteiger partial charge in [-0.05, 0) is 12.8 Å². The molecular formula is C34H72MgO5. The van der Waals surface area contributed by atoms with Crippen molar-refractivity contribution in [1.82, 2.24) is 0 Å². The summed E-state index contributed by atoms with van der Waals surface area (Å²) in [7, 11) is 0. The molecular weight excluding hydrogens is 513 g/mol. The molecule has 0 heterocycles. The Hall–Kier alpha value is -0.174. The number of hydrogen-bond acceptors (Lipinski definition) is 3. The van der Waals surface area contributed by atoms with Gasteiger partial charge in [0, 0.05) is 12.8 Å². The van der Waals surface area contributed by atoms with Crippen LogP contribution in [0, 0.1) is 0 Å². The Balaban J connectivity index is -0.00000216. The summed E-state index contributed by atoms with van der Waals surface area (Å²) in [5.74, 6) is -0.650. The average molecular weight is 585 g/mol. The monoisotopic (exact) mass is 585 g/mol. The minimum Gasteiger partial charge on any atom is -0.412 e. The minimum atomic E-state index is -0.325. The highest BCUT2D eigenvalue weighted by molar-refractivity contribution is 5.85. The van der Waals surface area contributed by atoms with Crippen molar-refractivity contribution in [3.05, 3.63) is 0 Å². The van der Waals surface area contributed by atoms with Gasteiger partial charge in [-0.25, -0.2) is 0 Å². The number of hydrogen-bond donors (Lipinski definition) is 0. The maximum atomic E-state index is 11.9. The Morgan fingerprint density at radius 2 is 0.525 bits per heavy atom. The molecule has 5 nitrogen and oxygen atoms in total. The van der Waals surface area contributed by atoms with Gasteiger partial charge in [0.25, 0.3) is 0 Å². The van der Waals surface area contributed by atoms with Crippen molar-refractivity contribution in [2.75, 3.05) is 0 Å². The maximum absolute atomic E-state index is 11.9. The fraction of sp³-hybridized carbons (Fsp3) is 0.941. The molecule has 0 fully saturated rings. The normalized spacial score (nSPS) is 10.3. The van der Waals surface area contributed by atoms with Crippen LogP contribution in [0.3, 0.4) is 0 Å². The van der Waals surface area contributed by atoms with Crippen LogP contribution in [0.1, 0.15) is 206 Å². The first-order valence-corrected chi connectivity index (χ1v) is 16.9. The molecule has 0 aliphatic carbocycles. The van der Waals surface area contributed by atoms with Crippen molar-refractivity contribution in [3.8, 4) is 0 Å². The first-order valence-electron chi connectivity index (χ1n) is 16.9. The fourth-order valence-corrected chi connectivity index (χ4v) is 5.16. The standard InChI is InChI=1S/C34H66O3.Mg.2H2O.2H/c1-3-5-7-9-11-13-15-17-18-20-22-24-26-28-30-32-34(36)37-33(35)31-29-27-25-23-21-19-16-14-12-10-8-6-4-2;;;;;/h3-32H2,1-2H3;;2*1H2;;. The van der Waals surface area contributed by atoms with Gasteiger partial charge in [-0.15, -0.1) is 0 Å². The summed E-state index contributed by atoms with van der Waals surface area (Å²) >= 11 is 0. The maximum Gasteiger partial charge on any atom is 0.316 e. The first kappa shape index (κ1) is 46.8. The van der Waals surface area contributed by atoms with Crippen molar-refractivity contribution in [2.45, 2.75) is 206 Å². The number of unbranched alkanes of at least 4 members (excludes halogenated alkanes) is 26. The lowest BCUT2D eigenvalue weighted by molar-refractivity contribution is -0.159. The smallest absolute Gasteiger partial charge is 0.316 e. The summed E-state index contributed by atoms with van der Waals surface area (Å²) in [5.41, 5.74) is 0. The van der Waals surface area contributed by atoms with Crippen LogP contribution in [0.5, 0.6) is 0 Å². The van der Waals surface area contributed by atoms with E-state index in [-0.39, 0.29) is 45.9 Å². The molecule has 0 aromatic carbocycles. The van der Waals surface area contributed by atoms with E-state index in [0.29, 0.717) is 12.8 Å². The highest BCUT2D eigenvalue weighted by Gasteiger charge is 2.09. The topological polar surface area (TPSA) is 106 Å². The lowest BCUT2D eigenvalue weighted by atomic mass is 10.0. The van der Waals surface area contributed by atoms with E-state index in [9.17, 15) is 9.59 Å². The van der Waals surface area contributed by atoms with Gasteiger partial charge in [0.15, 0.2) is 0 Å². The van der Waals surface area contributed by atoms with Crippen LogP contribution in [-0.4, -0.2) is 45.9 Å². The van der Waals surface area contributed by atoms with Gasteiger partial charge in [0.05, 0.1) is 0 Å². The van der Waals surface area contributed by atoms with Gasteiger partial charge in [-0.2, -0.15) is 0 Å². The molecule has 4 N–H and O–H groups in total. The van der Waals surface area contributed by atoms with E-state index in [1.54, 1.807) is 0 Å². The predicted molar refractivity (Wildman–Crippen MR) is 177 cm³/mol. The fourth-order valence-electron chi connectivity index (χ4n) is 5.16. The van der Waals surface area contributed by atoms with E-state index in [1.807, 2.05) is 0 Å². The molecule has 40 heavy (non-hydrogen) atoms. The predicted octanol–water partition coefficient (Wildman–Crippen LogP) is 9.23. The number of carbonyl (C=O) groups excluding carboxylic acids is 2. The Kier molecular flexibility index (Phi) is 47.9. The van der Waals surface area contributed by atoms with Crippen molar-refractivity contribution in [3.63, 3.8) is 0 Å². The molecule has 0 spiro atoms. The third-order valence-electron chi connectivity index (χ3n) is 7.70. The Labute approximate surface area is 265 Å². The van der Waals surface area contributed by atoms with Gasteiger partial charge in [0.1, 0.15) is 0 Å². The summed E-state index contributed by atoms with van der Waals surface area (Å²) in [6.45, 7) is 4.55. The molecule has 0 radical (unpaired) electrons. The average Bonchev–Trinajstić information content (AvgIpc) is 2.89. The van der Waals surface area contributed by atoms with E-state index >= 15 is 0 Å². The summed E-state index contributed by atoms with van der Waals surface area (Å²) < 4.78 is 5.00. The molecule has 0 unspecified atom stereocenters. The molecule has 0 rings (SSSR count). The quantitative estimate of drug-likeness (QED) is 0.0363. The second kappa shape index (κ2) is 41.0. The number of esters is 2. The molecule has 0 amide bonds. The van der Waals surface area contributed by atoms with Gasteiger partial charge in [-0.1, -0.05) is 181 Å². The lowest BCUT2D eigenvalue weighted by Crippen LogP contribution is -2.11. The largest absolute Gasteiger partial charge is 0.412 e. The van der Waals surface area contributed by atoms with E-state index in [1.165, 1.54) is 154 Å². The van der Waals surface area contributed by atoms with Crippen LogP contribution in [0.25, 0.3) is 0 Å². The number of ether oxygens (including phenoxy) is 1. The molecule has 0 aromatic heterocycles. The molecule has 0 saturated carbocycles. The third kappa shape index (κ3) is 40.0. The second-order valence-electron chi connectivity index (χ2n) is 11.5. The van der Waals surface area contributed by atoms with Crippen LogP contribution >= 0.6 is 0 Å². The molecule has 240 valence electrons. The van der Waals surface area contributed by atoms with Crippen LogP contribution in [0.2, 0.25) is 0 Å². The summed E-state index contributed by atoms with van der Waals surface area (Å²) in [6.07, 6.45) is 37.2. The van der Waals surface area contributed by atoms with Crippen LogP contribution < -0.4 is 0 Å². The Morgan fingerprint density at radius 1 is 0.350 bits per heavy atom. The summed E-state index contributed by atoms with van der Waals surface area (Å²) in [4.78, 5) is 23.8. The van der Waals surface area contributed by atoms with Gasteiger partial charge < -0.3 is 15.7 Å². The van der Waals surface area contributed by atoms with E-state index in [4.69, 9.17) is 4.74 Å². The molecule has 0 aromatic rings. The van der Waals surface area contributed by atoms with Crippen molar-refractivity contribution < 1.29 is 25.3 Å². The molecule has 0 saturated heterocycles. The van der Waals surface area contributed by atoms with Crippen molar-refractivity contribution >= 4 is 35.0 Å². The van der Waals surface area contributed by atoms with E-state index in [0.717, 1.165) is 25.7 Å². The van der Waals surface area contributed by atoms with Crippen LogP contribution in [0.4, 0.5) is 0 Å². The second-order valence-corrected chi connectivity index (χ2v) is 11.5. The molecule has 6 heteroatoms. The Morgan fingerprint density at radius 3 is 0.725 bits per heavy atom. The number of carbonyl (C=O) groups is 2. The molecule has 0 aliphatic rings. The highest BCUT2D eigenvalue weighted by atomic mass is 24.3. The molecule has 0 atom stereocenters. The first-order chi connectivity index (χ1) is 18.2. The SMILES string of the molecule is CCCCCCCCCCCCCCCCCC(=O)OC(=O)CCCCCCCCCCCCCCC.O.O.[MgH2]. The van der Waals surface area contributed by atoms with Crippen molar-refractivity contribution in [1.29, 1.82) is 0 Å². The van der Waals surface area contributed by atoms with Crippen molar-refractivity contribution in [2.24, 2.45) is 0 Å². The highest BCUT2D eigenvalue weighted by Crippen LogP contribution is 2.15. The summed E-state index contributed by atoms with van der Waals surface area (Å²) in [6, 6.07) is 0. The summed E-state index contributed by atoms with van der Waals surface area (Å²) in [5, 5.41) is 0. The minimum absolute atomic E-state index is 0. The zero-order valence-corrected chi connectivity index (χ0v) is 26.4. The van der Waals surface area contributed by atoms with Gasteiger partial charge in [-0.3, -0.25) is 9.59 Å². The zero-order chi connectivity index (χ0) is 27.1. The van der Waals surface area contributed by atoms with Gasteiger partial charge in [0.2, 0.25) is 0 Å². The Bertz CT molecular complexity index is 487. The molecule has 0 bridgehead atoms. The molecule has 0 aliphatic heterocycles. The van der Waals surface area contributed by atoms with Crippen LogP contribution in [0.15, 0.2) is 0 Å². The van der Waals surface area contributed by atoms with Crippen LogP contribution in [-0.2, 0) is 14.3 Å². The zero-order valence-electron chi connectivity index (χ0n) is 26.4.